The van der Waals surface area contributed by atoms with E-state index in [1.54, 1.807) is 13.8 Å². The van der Waals surface area contributed by atoms with Gasteiger partial charge in [-0.3, -0.25) is 19.3 Å². The molecule has 1 aliphatic rings. The van der Waals surface area contributed by atoms with E-state index in [9.17, 15) is 14.4 Å². The molecule has 0 aromatic carbocycles. The SMILES string of the molecule is CCC(=O)NCN1C(=O)CC(C)C1=O. The minimum Gasteiger partial charge on any atom is -0.338 e. The van der Waals surface area contributed by atoms with Gasteiger partial charge in [0, 0.05) is 18.8 Å². The number of carbonyl (C=O) groups excluding carboxylic acids is 3. The van der Waals surface area contributed by atoms with E-state index in [2.05, 4.69) is 5.32 Å². The van der Waals surface area contributed by atoms with Gasteiger partial charge in [-0.15, -0.1) is 0 Å². The lowest BCUT2D eigenvalue weighted by Gasteiger charge is -2.14. The molecule has 5 heteroatoms. The van der Waals surface area contributed by atoms with Crippen LogP contribution in [0.1, 0.15) is 26.7 Å². The Morgan fingerprint density at radius 2 is 2.21 bits per heavy atom. The Bertz CT molecular complexity index is 275. The highest BCUT2D eigenvalue weighted by Gasteiger charge is 2.35. The van der Waals surface area contributed by atoms with Crippen molar-refractivity contribution in [3.05, 3.63) is 0 Å². The zero-order valence-electron chi connectivity index (χ0n) is 8.37. The van der Waals surface area contributed by atoms with Gasteiger partial charge in [0.1, 0.15) is 6.67 Å². The van der Waals surface area contributed by atoms with E-state index in [0.29, 0.717) is 6.42 Å². The molecule has 0 aromatic heterocycles. The van der Waals surface area contributed by atoms with Crippen LogP contribution in [0.4, 0.5) is 0 Å². The van der Waals surface area contributed by atoms with E-state index in [4.69, 9.17) is 0 Å². The monoisotopic (exact) mass is 198 g/mol. The Balaban J connectivity index is 2.48. The van der Waals surface area contributed by atoms with Crippen molar-refractivity contribution in [2.45, 2.75) is 26.7 Å². The van der Waals surface area contributed by atoms with Crippen LogP contribution >= 0.6 is 0 Å². The standard InChI is InChI=1S/C9H14N2O3/c1-3-7(12)10-5-11-8(13)4-6(2)9(11)14/h6H,3-5H2,1-2H3,(H,10,12). The molecule has 5 nitrogen and oxygen atoms in total. The third-order valence-corrected chi connectivity index (χ3v) is 2.22. The van der Waals surface area contributed by atoms with Gasteiger partial charge in [0.25, 0.3) is 0 Å². The lowest BCUT2D eigenvalue weighted by molar-refractivity contribution is -0.140. The van der Waals surface area contributed by atoms with Gasteiger partial charge in [0.15, 0.2) is 0 Å². The minimum absolute atomic E-state index is 0.00861. The molecule has 1 saturated heterocycles. The maximum absolute atomic E-state index is 11.4. The summed E-state index contributed by atoms with van der Waals surface area (Å²) in [5.74, 6) is -0.823. The molecule has 0 radical (unpaired) electrons. The first-order valence-electron chi connectivity index (χ1n) is 4.67. The van der Waals surface area contributed by atoms with Crippen LogP contribution in [0.2, 0.25) is 0 Å². The predicted molar refractivity (Wildman–Crippen MR) is 48.9 cm³/mol. The van der Waals surface area contributed by atoms with Crippen LogP contribution in [-0.2, 0) is 14.4 Å². The van der Waals surface area contributed by atoms with E-state index < -0.39 is 0 Å². The molecule has 1 unspecified atom stereocenters. The summed E-state index contributed by atoms with van der Waals surface area (Å²) in [5.41, 5.74) is 0. The molecule has 14 heavy (non-hydrogen) atoms. The quantitative estimate of drug-likeness (QED) is 0.642. The van der Waals surface area contributed by atoms with Crippen LogP contribution in [0.15, 0.2) is 0 Å². The lowest BCUT2D eigenvalue weighted by Crippen LogP contribution is -2.40. The highest BCUT2D eigenvalue weighted by molar-refractivity contribution is 6.03. The number of imide groups is 1. The molecule has 0 bridgehead atoms. The Labute approximate surface area is 82.4 Å². The Morgan fingerprint density at radius 3 is 2.64 bits per heavy atom. The van der Waals surface area contributed by atoms with Gasteiger partial charge in [-0.1, -0.05) is 13.8 Å². The van der Waals surface area contributed by atoms with Crippen LogP contribution < -0.4 is 5.32 Å². The van der Waals surface area contributed by atoms with Crippen LogP contribution in [0, 0.1) is 5.92 Å². The molecule has 78 valence electrons. The second kappa shape index (κ2) is 4.21. The molecule has 0 aliphatic carbocycles. The Kier molecular flexibility index (Phi) is 3.22. The number of nitrogens with one attached hydrogen (secondary N) is 1. The maximum Gasteiger partial charge on any atom is 0.234 e. The average molecular weight is 198 g/mol. The first-order valence-corrected chi connectivity index (χ1v) is 4.67. The second-order valence-electron chi connectivity index (χ2n) is 3.38. The maximum atomic E-state index is 11.4. The van der Waals surface area contributed by atoms with Crippen molar-refractivity contribution in [2.24, 2.45) is 5.92 Å². The van der Waals surface area contributed by atoms with Crippen molar-refractivity contribution in [1.82, 2.24) is 10.2 Å². The minimum atomic E-state index is -0.249. The van der Waals surface area contributed by atoms with Crippen LogP contribution in [0.5, 0.6) is 0 Å². The number of rotatable bonds is 3. The Morgan fingerprint density at radius 1 is 1.57 bits per heavy atom. The van der Waals surface area contributed by atoms with Crippen LogP contribution in [-0.4, -0.2) is 29.3 Å². The normalized spacial score (nSPS) is 21.6. The number of carbonyl (C=O) groups is 3. The highest BCUT2D eigenvalue weighted by atomic mass is 16.2. The number of nitrogens with zero attached hydrogens (tertiary/aromatic N) is 1. The summed E-state index contributed by atoms with van der Waals surface area (Å²) in [7, 11) is 0. The lowest BCUT2D eigenvalue weighted by atomic mass is 10.1. The van der Waals surface area contributed by atoms with Crippen molar-refractivity contribution in [3.63, 3.8) is 0 Å². The third kappa shape index (κ3) is 2.10. The smallest absolute Gasteiger partial charge is 0.234 e. The number of hydrogen-bond donors (Lipinski definition) is 1. The molecule has 3 amide bonds. The van der Waals surface area contributed by atoms with E-state index in [1.807, 2.05) is 0 Å². The molecule has 1 N–H and O–H groups in total. The van der Waals surface area contributed by atoms with Gasteiger partial charge in [-0.2, -0.15) is 0 Å². The van der Waals surface area contributed by atoms with E-state index in [0.717, 1.165) is 4.90 Å². The zero-order valence-corrected chi connectivity index (χ0v) is 8.37. The summed E-state index contributed by atoms with van der Waals surface area (Å²) in [6.45, 7) is 3.43. The van der Waals surface area contributed by atoms with Gasteiger partial charge in [-0.05, 0) is 0 Å². The first-order chi connectivity index (χ1) is 6.56. The molecule has 1 atom stereocenters. The largest absolute Gasteiger partial charge is 0.338 e. The van der Waals surface area contributed by atoms with Crippen molar-refractivity contribution in [2.75, 3.05) is 6.67 Å². The molecular formula is C9H14N2O3. The van der Waals surface area contributed by atoms with Gasteiger partial charge >= 0.3 is 0 Å². The summed E-state index contributed by atoms with van der Waals surface area (Å²) in [4.78, 5) is 34.6. The van der Waals surface area contributed by atoms with Crippen molar-refractivity contribution < 1.29 is 14.4 Å². The predicted octanol–water partition coefficient (Wildman–Crippen LogP) is -0.135. The molecule has 1 heterocycles. The fraction of sp³-hybridized carbons (Fsp3) is 0.667. The summed E-state index contributed by atoms with van der Waals surface area (Å²) in [6.07, 6.45) is 0.604. The third-order valence-electron chi connectivity index (χ3n) is 2.22. The summed E-state index contributed by atoms with van der Waals surface area (Å²) >= 11 is 0. The van der Waals surface area contributed by atoms with Crippen molar-refractivity contribution in [3.8, 4) is 0 Å². The van der Waals surface area contributed by atoms with Gasteiger partial charge < -0.3 is 5.32 Å². The topological polar surface area (TPSA) is 66.5 Å². The Hall–Kier alpha value is -1.39. The van der Waals surface area contributed by atoms with Crippen LogP contribution in [0.3, 0.4) is 0 Å². The van der Waals surface area contributed by atoms with Gasteiger partial charge in [0.2, 0.25) is 17.7 Å². The van der Waals surface area contributed by atoms with Gasteiger partial charge in [0.05, 0.1) is 0 Å². The first kappa shape index (κ1) is 10.7. The average Bonchev–Trinajstić information content (AvgIpc) is 2.39. The molecular weight excluding hydrogens is 184 g/mol. The summed E-state index contributed by atoms with van der Waals surface area (Å²) < 4.78 is 0. The van der Waals surface area contributed by atoms with Crippen molar-refractivity contribution >= 4 is 17.7 Å². The fourth-order valence-electron chi connectivity index (χ4n) is 1.31. The highest BCUT2D eigenvalue weighted by Crippen LogP contribution is 2.17. The van der Waals surface area contributed by atoms with E-state index in [1.165, 1.54) is 0 Å². The van der Waals surface area contributed by atoms with E-state index >= 15 is 0 Å². The number of amides is 3. The summed E-state index contributed by atoms with van der Waals surface area (Å²) in [5, 5.41) is 2.50. The van der Waals surface area contributed by atoms with Crippen molar-refractivity contribution in [1.29, 1.82) is 0 Å². The van der Waals surface area contributed by atoms with Gasteiger partial charge in [-0.25, -0.2) is 0 Å². The molecule has 1 fully saturated rings. The molecule has 0 aromatic rings. The second-order valence-corrected chi connectivity index (χ2v) is 3.38. The fourth-order valence-corrected chi connectivity index (χ4v) is 1.31. The summed E-state index contributed by atoms with van der Waals surface area (Å²) in [6, 6.07) is 0. The molecule has 1 aliphatic heterocycles. The number of hydrogen-bond acceptors (Lipinski definition) is 3. The molecule has 0 saturated carbocycles. The van der Waals surface area contributed by atoms with E-state index in [-0.39, 0.29) is 36.7 Å². The van der Waals surface area contributed by atoms with Crippen LogP contribution in [0.25, 0.3) is 0 Å². The number of likely N-dealkylation sites (tertiary alicyclic amines) is 1. The molecule has 0 spiro atoms. The zero-order chi connectivity index (χ0) is 10.7. The molecule has 1 rings (SSSR count).